The summed E-state index contributed by atoms with van der Waals surface area (Å²) in [7, 11) is -2.59. The molecule has 0 aromatic heterocycles. The number of phenolic OH excluding ortho intramolecular Hbond substituents is 1. The minimum absolute atomic E-state index is 0.0183. The molecule has 0 atom stereocenters. The number of carbonyl (C=O) groups is 1. The summed E-state index contributed by atoms with van der Waals surface area (Å²) in [6.45, 7) is 3.34. The molecule has 9 heteroatoms. The van der Waals surface area contributed by atoms with Crippen LogP contribution < -0.4 is 14.5 Å². The first kappa shape index (κ1) is 24.8. The molecule has 3 aromatic rings. The second kappa shape index (κ2) is 10.8. The number of hydrazone groups is 1. The van der Waals surface area contributed by atoms with Crippen molar-refractivity contribution < 1.29 is 23.1 Å². The lowest BCUT2D eigenvalue weighted by molar-refractivity contribution is -0.119. The largest absolute Gasteiger partial charge is 0.504 e. The van der Waals surface area contributed by atoms with Crippen molar-refractivity contribution in [3.8, 4) is 11.5 Å². The average Bonchev–Trinajstić information content (AvgIpc) is 2.83. The third-order valence-electron chi connectivity index (χ3n) is 5.14. The Balaban J connectivity index is 1.87. The van der Waals surface area contributed by atoms with Crippen molar-refractivity contribution in [1.82, 2.24) is 5.43 Å². The van der Waals surface area contributed by atoms with Crippen molar-refractivity contribution in [2.75, 3.05) is 18.0 Å². The number of benzene rings is 3. The lowest BCUT2D eigenvalue weighted by Gasteiger charge is -2.25. The Kier molecular flexibility index (Phi) is 7.91. The molecule has 0 spiro atoms. The molecule has 178 valence electrons. The fraction of sp³-hybridized carbons (Fsp3) is 0.200. The van der Waals surface area contributed by atoms with E-state index in [4.69, 9.17) is 4.74 Å². The van der Waals surface area contributed by atoms with E-state index >= 15 is 0 Å². The molecule has 0 bridgehead atoms. The van der Waals surface area contributed by atoms with Gasteiger partial charge in [-0.25, -0.2) is 13.8 Å². The molecule has 0 heterocycles. The molecule has 0 aliphatic rings. The molecule has 0 saturated heterocycles. The number of aromatic hydroxyl groups is 1. The molecule has 8 nitrogen and oxygen atoms in total. The van der Waals surface area contributed by atoms with Crippen LogP contribution in [0.25, 0.3) is 0 Å². The predicted molar refractivity (Wildman–Crippen MR) is 132 cm³/mol. The molecule has 0 unspecified atom stereocenters. The van der Waals surface area contributed by atoms with Gasteiger partial charge in [0.1, 0.15) is 6.54 Å². The van der Waals surface area contributed by atoms with Gasteiger partial charge in [0, 0.05) is 0 Å². The number of para-hydroxylation sites is 1. The predicted octanol–water partition coefficient (Wildman–Crippen LogP) is 3.62. The monoisotopic (exact) mass is 481 g/mol. The van der Waals surface area contributed by atoms with Crippen LogP contribution in [0.4, 0.5) is 5.69 Å². The van der Waals surface area contributed by atoms with Crippen molar-refractivity contribution in [3.63, 3.8) is 0 Å². The zero-order chi connectivity index (χ0) is 24.7. The molecule has 3 rings (SSSR count). The minimum Gasteiger partial charge on any atom is -0.504 e. The van der Waals surface area contributed by atoms with E-state index in [2.05, 4.69) is 10.5 Å². The number of hydrogen-bond donors (Lipinski definition) is 2. The number of sulfonamides is 1. The summed E-state index contributed by atoms with van der Waals surface area (Å²) in [5, 5.41) is 13.6. The topological polar surface area (TPSA) is 108 Å². The Bertz CT molecular complexity index is 1290. The van der Waals surface area contributed by atoms with Crippen LogP contribution in [-0.4, -0.2) is 39.3 Å². The van der Waals surface area contributed by atoms with E-state index in [1.165, 1.54) is 31.5 Å². The van der Waals surface area contributed by atoms with E-state index < -0.39 is 22.5 Å². The summed E-state index contributed by atoms with van der Waals surface area (Å²) >= 11 is 0. The van der Waals surface area contributed by atoms with E-state index in [9.17, 15) is 18.3 Å². The quantitative estimate of drug-likeness (QED) is 0.359. The first-order chi connectivity index (χ1) is 16.3. The van der Waals surface area contributed by atoms with Crippen LogP contribution in [0.3, 0.4) is 0 Å². The molecule has 0 aliphatic heterocycles. The molecular formula is C25H27N3O5S. The van der Waals surface area contributed by atoms with Crippen LogP contribution in [0.15, 0.2) is 76.7 Å². The van der Waals surface area contributed by atoms with E-state index in [1.54, 1.807) is 36.4 Å². The van der Waals surface area contributed by atoms with Crippen LogP contribution in [-0.2, 0) is 21.2 Å². The van der Waals surface area contributed by atoms with Gasteiger partial charge in [-0.3, -0.25) is 9.10 Å². The summed E-state index contributed by atoms with van der Waals surface area (Å²) < 4.78 is 33.2. The van der Waals surface area contributed by atoms with Crippen LogP contribution >= 0.6 is 0 Å². The average molecular weight is 482 g/mol. The lowest BCUT2D eigenvalue weighted by Crippen LogP contribution is -2.40. The summed E-state index contributed by atoms with van der Waals surface area (Å²) in [5.74, 6) is -0.361. The molecule has 0 fully saturated rings. The van der Waals surface area contributed by atoms with E-state index in [1.807, 2.05) is 26.0 Å². The molecule has 1 amide bonds. The van der Waals surface area contributed by atoms with Crippen molar-refractivity contribution in [1.29, 1.82) is 0 Å². The number of rotatable bonds is 9. The van der Waals surface area contributed by atoms with Crippen LogP contribution in [0.2, 0.25) is 0 Å². The Morgan fingerprint density at radius 3 is 2.50 bits per heavy atom. The highest BCUT2D eigenvalue weighted by Crippen LogP contribution is 2.28. The normalized spacial score (nSPS) is 11.4. The number of ether oxygens (including phenoxy) is 1. The highest BCUT2D eigenvalue weighted by atomic mass is 32.2. The van der Waals surface area contributed by atoms with E-state index in [-0.39, 0.29) is 16.4 Å². The second-order valence-electron chi connectivity index (χ2n) is 7.53. The maximum Gasteiger partial charge on any atom is 0.264 e. The standard InChI is InChI=1S/C25H27N3O5S/c1-4-20-7-5-6-8-22(20)28(34(31,32)21-12-9-18(2)10-13-21)17-25(30)27-26-16-19-11-14-23(29)24(15-19)33-3/h5-16,29H,4,17H2,1-3H3,(H,27,30)/b26-16-. The van der Waals surface area contributed by atoms with Gasteiger partial charge in [-0.1, -0.05) is 42.8 Å². The smallest absolute Gasteiger partial charge is 0.264 e. The number of nitrogens with one attached hydrogen (secondary N) is 1. The fourth-order valence-electron chi connectivity index (χ4n) is 3.31. The Morgan fingerprint density at radius 1 is 1.12 bits per heavy atom. The minimum atomic E-state index is -4.01. The molecule has 34 heavy (non-hydrogen) atoms. The number of methoxy groups -OCH3 is 1. The van der Waals surface area contributed by atoms with Gasteiger partial charge in [-0.05, 0) is 60.9 Å². The second-order valence-corrected chi connectivity index (χ2v) is 9.39. The van der Waals surface area contributed by atoms with Crippen molar-refractivity contribution >= 4 is 27.8 Å². The zero-order valence-electron chi connectivity index (χ0n) is 19.2. The Labute approximate surface area is 199 Å². The third kappa shape index (κ3) is 5.74. The summed E-state index contributed by atoms with van der Waals surface area (Å²) in [6.07, 6.45) is 1.97. The highest BCUT2D eigenvalue weighted by Gasteiger charge is 2.28. The maximum atomic E-state index is 13.5. The number of nitrogens with zero attached hydrogens (tertiary/aromatic N) is 2. The highest BCUT2D eigenvalue weighted by molar-refractivity contribution is 7.92. The van der Waals surface area contributed by atoms with Crippen LogP contribution in [0, 0.1) is 6.92 Å². The van der Waals surface area contributed by atoms with Crippen molar-refractivity contribution in [3.05, 3.63) is 83.4 Å². The van der Waals surface area contributed by atoms with E-state index in [0.29, 0.717) is 17.7 Å². The van der Waals surface area contributed by atoms with Gasteiger partial charge in [0.25, 0.3) is 15.9 Å². The van der Waals surface area contributed by atoms with Gasteiger partial charge in [-0.15, -0.1) is 0 Å². The van der Waals surface area contributed by atoms with Gasteiger partial charge < -0.3 is 9.84 Å². The van der Waals surface area contributed by atoms with Crippen molar-refractivity contribution in [2.24, 2.45) is 5.10 Å². The van der Waals surface area contributed by atoms with Gasteiger partial charge in [0.2, 0.25) is 0 Å². The van der Waals surface area contributed by atoms with Gasteiger partial charge in [0.15, 0.2) is 11.5 Å². The third-order valence-corrected chi connectivity index (χ3v) is 6.92. The van der Waals surface area contributed by atoms with Gasteiger partial charge in [0.05, 0.1) is 23.9 Å². The fourth-order valence-corrected chi connectivity index (χ4v) is 4.77. The summed E-state index contributed by atoms with van der Waals surface area (Å²) in [6, 6.07) is 18.2. The molecule has 0 radical (unpaired) electrons. The number of anilines is 1. The van der Waals surface area contributed by atoms with Crippen LogP contribution in [0.1, 0.15) is 23.6 Å². The first-order valence-corrected chi connectivity index (χ1v) is 12.1. The van der Waals surface area contributed by atoms with Gasteiger partial charge in [-0.2, -0.15) is 5.10 Å². The summed E-state index contributed by atoms with van der Waals surface area (Å²) in [4.78, 5) is 12.8. The number of aryl methyl sites for hydroxylation is 2. The number of phenols is 1. The molecule has 0 aliphatic carbocycles. The molecule has 2 N–H and O–H groups in total. The number of amides is 1. The molecular weight excluding hydrogens is 454 g/mol. The number of hydrogen-bond acceptors (Lipinski definition) is 6. The number of carbonyl (C=O) groups excluding carboxylic acids is 1. The Morgan fingerprint density at radius 2 is 1.82 bits per heavy atom. The Hall–Kier alpha value is -3.85. The zero-order valence-corrected chi connectivity index (χ0v) is 20.0. The molecule has 3 aromatic carbocycles. The SMILES string of the molecule is CCc1ccccc1N(CC(=O)N/N=C\c1ccc(O)c(OC)c1)S(=O)(=O)c1ccc(C)cc1. The van der Waals surface area contributed by atoms with E-state index in [0.717, 1.165) is 15.4 Å². The van der Waals surface area contributed by atoms with Crippen LogP contribution in [0.5, 0.6) is 11.5 Å². The summed E-state index contributed by atoms with van der Waals surface area (Å²) in [5.41, 5.74) is 5.12. The lowest BCUT2D eigenvalue weighted by atomic mass is 10.1. The molecule has 0 saturated carbocycles. The maximum absolute atomic E-state index is 13.5. The first-order valence-electron chi connectivity index (χ1n) is 10.6. The van der Waals surface area contributed by atoms with Gasteiger partial charge >= 0.3 is 0 Å². The van der Waals surface area contributed by atoms with Crippen molar-refractivity contribution in [2.45, 2.75) is 25.2 Å².